The molecule has 3 heterocycles. The van der Waals surface area contributed by atoms with Crippen LogP contribution in [0.3, 0.4) is 0 Å². The van der Waals surface area contributed by atoms with Crippen LogP contribution in [0, 0.1) is 0 Å². The molecule has 116 valence electrons. The zero-order chi connectivity index (χ0) is 15.9. The molecule has 2 aromatic carbocycles. The monoisotopic (exact) mass is 315 g/mol. The summed E-state index contributed by atoms with van der Waals surface area (Å²) in [6, 6.07) is 19.7. The number of aromatic amines is 2. The minimum Gasteiger partial charge on any atom is -0.453 e. The van der Waals surface area contributed by atoms with Crippen LogP contribution >= 0.6 is 0 Å². The van der Waals surface area contributed by atoms with Gasteiger partial charge in [-0.3, -0.25) is 0 Å². The molecule has 0 aliphatic carbocycles. The highest BCUT2D eigenvalue weighted by atomic mass is 16.5. The van der Waals surface area contributed by atoms with E-state index in [4.69, 9.17) is 4.74 Å². The number of aromatic nitrogens is 5. The molecule has 0 saturated carbocycles. The summed E-state index contributed by atoms with van der Waals surface area (Å²) in [4.78, 5) is 7.85. The Morgan fingerprint density at radius 2 is 1.67 bits per heavy atom. The molecule has 0 spiro atoms. The van der Waals surface area contributed by atoms with Crippen molar-refractivity contribution in [2.75, 3.05) is 0 Å². The van der Waals surface area contributed by atoms with Crippen molar-refractivity contribution in [1.29, 1.82) is 0 Å². The van der Waals surface area contributed by atoms with Gasteiger partial charge >= 0.3 is 0 Å². The molecule has 5 aromatic rings. The number of H-pyrrole nitrogens is 2. The van der Waals surface area contributed by atoms with Crippen molar-refractivity contribution in [3.05, 3.63) is 66.9 Å². The summed E-state index contributed by atoms with van der Waals surface area (Å²) >= 11 is 0. The second kappa shape index (κ2) is 4.99. The van der Waals surface area contributed by atoms with Gasteiger partial charge in [0.1, 0.15) is 11.4 Å². The van der Waals surface area contributed by atoms with Gasteiger partial charge in [0, 0.05) is 11.8 Å². The number of fused-ring (bicyclic) bond motifs is 3. The molecule has 6 nitrogen and oxygen atoms in total. The Bertz CT molecular complexity index is 1120. The second-order valence-electron chi connectivity index (χ2n) is 5.45. The molecule has 0 radical (unpaired) electrons. The first kappa shape index (κ1) is 13.0. The van der Waals surface area contributed by atoms with Crippen molar-refractivity contribution < 1.29 is 4.74 Å². The van der Waals surface area contributed by atoms with Crippen molar-refractivity contribution in [2.45, 2.75) is 0 Å². The van der Waals surface area contributed by atoms with Gasteiger partial charge in [-0.15, -0.1) is 0 Å². The largest absolute Gasteiger partial charge is 0.453 e. The van der Waals surface area contributed by atoms with Gasteiger partial charge < -0.3 is 9.72 Å². The molecule has 3 aromatic heterocycles. The van der Waals surface area contributed by atoms with Crippen LogP contribution in [0.4, 0.5) is 0 Å². The first-order chi connectivity index (χ1) is 11.9. The minimum atomic E-state index is 0.675. The van der Waals surface area contributed by atoms with Gasteiger partial charge in [0.25, 0.3) is 0 Å². The maximum Gasteiger partial charge on any atom is 0.232 e. The first-order valence-corrected chi connectivity index (χ1v) is 7.62. The minimum absolute atomic E-state index is 0.675. The molecule has 0 saturated heterocycles. The second-order valence-corrected chi connectivity index (χ2v) is 5.45. The van der Waals surface area contributed by atoms with E-state index in [2.05, 4.69) is 20.2 Å². The van der Waals surface area contributed by atoms with Gasteiger partial charge in [-0.25, -0.2) is 14.5 Å². The molecule has 6 heteroatoms. The highest BCUT2D eigenvalue weighted by molar-refractivity contribution is 5.85. The van der Waals surface area contributed by atoms with Crippen LogP contribution in [-0.4, -0.2) is 24.6 Å². The van der Waals surface area contributed by atoms with Gasteiger partial charge in [-0.1, -0.05) is 48.5 Å². The summed E-state index contributed by atoms with van der Waals surface area (Å²) in [5, 5.41) is 7.36. The van der Waals surface area contributed by atoms with Crippen molar-refractivity contribution in [2.24, 2.45) is 0 Å². The maximum absolute atomic E-state index is 5.93. The van der Waals surface area contributed by atoms with Gasteiger partial charge in [-0.2, -0.15) is 5.10 Å². The van der Waals surface area contributed by atoms with Crippen molar-refractivity contribution >= 4 is 16.9 Å². The van der Waals surface area contributed by atoms with Crippen LogP contribution in [0.15, 0.2) is 66.9 Å². The average molecular weight is 315 g/mol. The van der Waals surface area contributed by atoms with E-state index in [1.165, 1.54) is 0 Å². The third-order valence-electron chi connectivity index (χ3n) is 3.93. The topological polar surface area (TPSA) is 71.0 Å². The van der Waals surface area contributed by atoms with E-state index in [0.29, 0.717) is 11.5 Å². The fourth-order valence-electron chi connectivity index (χ4n) is 2.84. The van der Waals surface area contributed by atoms with Gasteiger partial charge in [0.05, 0.1) is 0 Å². The number of benzene rings is 2. The molecular weight excluding hydrogens is 302 g/mol. The molecule has 0 unspecified atom stereocenters. The van der Waals surface area contributed by atoms with Gasteiger partial charge in [0.15, 0.2) is 17.1 Å². The van der Waals surface area contributed by atoms with Crippen molar-refractivity contribution in [3.63, 3.8) is 0 Å². The number of nitrogens with zero attached hydrogens (tertiary/aromatic N) is 3. The fourth-order valence-corrected chi connectivity index (χ4v) is 2.84. The SMILES string of the molecule is c1ccc(Oc2c[nH]c3c2nc2[nH]nc(-c4ccccc4)n23)cc1. The van der Waals surface area contributed by atoms with E-state index >= 15 is 0 Å². The number of hydrogen-bond acceptors (Lipinski definition) is 3. The fraction of sp³-hybridized carbons (Fsp3) is 0. The maximum atomic E-state index is 5.93. The normalized spacial score (nSPS) is 11.3. The summed E-state index contributed by atoms with van der Waals surface area (Å²) in [7, 11) is 0. The summed E-state index contributed by atoms with van der Waals surface area (Å²) in [5.74, 6) is 2.94. The molecule has 5 rings (SSSR count). The zero-order valence-corrected chi connectivity index (χ0v) is 12.6. The standard InChI is InChI=1S/C18H13N5O/c1-3-7-12(8-4-1)16-21-22-18-20-15-14(11-19-17(15)23(16)18)24-13-9-5-2-6-10-13/h1-11,19H,(H,20,22). The Morgan fingerprint density at radius 1 is 0.917 bits per heavy atom. The smallest absolute Gasteiger partial charge is 0.232 e. The highest BCUT2D eigenvalue weighted by Crippen LogP contribution is 2.31. The quantitative estimate of drug-likeness (QED) is 0.528. The lowest BCUT2D eigenvalue weighted by Gasteiger charge is -2.01. The van der Waals surface area contributed by atoms with E-state index in [1.54, 1.807) is 0 Å². The van der Waals surface area contributed by atoms with Crippen LogP contribution < -0.4 is 4.74 Å². The molecule has 0 bridgehead atoms. The van der Waals surface area contributed by atoms with Crippen LogP contribution in [0.2, 0.25) is 0 Å². The predicted octanol–water partition coefficient (Wildman–Crippen LogP) is 4.00. The van der Waals surface area contributed by atoms with E-state index in [0.717, 1.165) is 28.3 Å². The Balaban J connectivity index is 1.66. The molecular formula is C18H13N5O. The van der Waals surface area contributed by atoms with E-state index in [1.807, 2.05) is 71.3 Å². The first-order valence-electron chi connectivity index (χ1n) is 7.62. The lowest BCUT2D eigenvalue weighted by molar-refractivity contribution is 0.487. The predicted molar refractivity (Wildman–Crippen MR) is 91.1 cm³/mol. The van der Waals surface area contributed by atoms with Gasteiger partial charge in [-0.05, 0) is 12.1 Å². The molecule has 0 fully saturated rings. The Hall–Kier alpha value is -3.54. The Kier molecular flexibility index (Phi) is 2.69. The summed E-state index contributed by atoms with van der Waals surface area (Å²) < 4.78 is 7.90. The summed E-state index contributed by atoms with van der Waals surface area (Å²) in [6.07, 6.45) is 1.82. The molecule has 0 amide bonds. The molecule has 24 heavy (non-hydrogen) atoms. The van der Waals surface area contributed by atoms with E-state index in [-0.39, 0.29) is 0 Å². The van der Waals surface area contributed by atoms with Crippen molar-refractivity contribution in [1.82, 2.24) is 24.6 Å². The number of ether oxygens (including phenoxy) is 1. The highest BCUT2D eigenvalue weighted by Gasteiger charge is 2.18. The van der Waals surface area contributed by atoms with E-state index in [9.17, 15) is 0 Å². The van der Waals surface area contributed by atoms with Crippen molar-refractivity contribution in [3.8, 4) is 22.9 Å². The van der Waals surface area contributed by atoms with E-state index < -0.39 is 0 Å². The lowest BCUT2D eigenvalue weighted by atomic mass is 10.2. The summed E-state index contributed by atoms with van der Waals surface area (Å²) in [6.45, 7) is 0. The molecule has 0 atom stereocenters. The zero-order valence-electron chi connectivity index (χ0n) is 12.6. The Morgan fingerprint density at radius 3 is 2.46 bits per heavy atom. The third-order valence-corrected chi connectivity index (χ3v) is 3.93. The number of para-hydroxylation sites is 1. The van der Waals surface area contributed by atoms with Crippen LogP contribution in [-0.2, 0) is 0 Å². The molecule has 2 N–H and O–H groups in total. The average Bonchev–Trinajstić information content (AvgIpc) is 3.29. The number of nitrogens with one attached hydrogen (secondary N) is 2. The lowest BCUT2D eigenvalue weighted by Crippen LogP contribution is -1.87. The molecule has 0 aliphatic heterocycles. The Labute approximate surface area is 136 Å². The summed E-state index contributed by atoms with van der Waals surface area (Å²) in [5.41, 5.74) is 2.64. The number of rotatable bonds is 3. The third kappa shape index (κ3) is 1.90. The van der Waals surface area contributed by atoms with Crippen LogP contribution in [0.25, 0.3) is 28.3 Å². The number of hydrogen-bond donors (Lipinski definition) is 2. The number of imidazole rings is 1. The van der Waals surface area contributed by atoms with Gasteiger partial charge in [0.2, 0.25) is 5.78 Å². The van der Waals surface area contributed by atoms with Crippen LogP contribution in [0.1, 0.15) is 0 Å². The molecule has 0 aliphatic rings. The van der Waals surface area contributed by atoms with Crippen LogP contribution in [0.5, 0.6) is 11.5 Å².